The maximum atomic E-state index is 13.5. The number of piperidine rings is 1. The highest BCUT2D eigenvalue weighted by molar-refractivity contribution is 5.89. The number of hydrogen-bond acceptors (Lipinski definition) is 3. The Morgan fingerprint density at radius 2 is 1.85 bits per heavy atom. The van der Waals surface area contributed by atoms with Crippen LogP contribution in [-0.2, 0) is 11.3 Å². The van der Waals surface area contributed by atoms with Gasteiger partial charge in [0, 0.05) is 17.8 Å². The van der Waals surface area contributed by atoms with Crippen LogP contribution in [0.4, 0.5) is 9.18 Å². The molecule has 6 heteroatoms. The molecule has 0 bridgehead atoms. The number of likely N-dealkylation sites (tertiary alicyclic amines) is 1. The number of amides is 1. The summed E-state index contributed by atoms with van der Waals surface area (Å²) in [6.45, 7) is 1.78. The van der Waals surface area contributed by atoms with Crippen LogP contribution in [-0.4, -0.2) is 41.9 Å². The van der Waals surface area contributed by atoms with Crippen LogP contribution in [0.2, 0.25) is 0 Å². The van der Waals surface area contributed by atoms with Crippen molar-refractivity contribution in [2.45, 2.75) is 44.3 Å². The van der Waals surface area contributed by atoms with Gasteiger partial charge in [0.15, 0.2) is 0 Å². The molecule has 0 radical (unpaired) electrons. The molecule has 1 N–H and O–H groups in total. The van der Waals surface area contributed by atoms with E-state index in [1.54, 1.807) is 12.1 Å². The number of hydrogen-bond donors (Lipinski definition) is 1. The number of carboxylic acid groups (broad SMARTS) is 1. The maximum absolute atomic E-state index is 13.5. The monoisotopic (exact) mass is 463 g/mol. The Morgan fingerprint density at radius 3 is 2.62 bits per heavy atom. The first-order valence-corrected chi connectivity index (χ1v) is 12.1. The molecule has 0 aromatic heterocycles. The molecular formula is C28H30FNO4. The molecule has 34 heavy (non-hydrogen) atoms. The van der Waals surface area contributed by atoms with E-state index in [2.05, 4.69) is 18.2 Å². The first kappa shape index (κ1) is 22.7. The fourth-order valence-corrected chi connectivity index (χ4v) is 4.83. The molecule has 5 nitrogen and oxygen atoms in total. The van der Waals surface area contributed by atoms with E-state index in [1.165, 1.54) is 29.9 Å². The lowest BCUT2D eigenvalue weighted by atomic mass is 9.87. The zero-order valence-corrected chi connectivity index (χ0v) is 19.2. The van der Waals surface area contributed by atoms with Crippen molar-refractivity contribution in [2.75, 3.05) is 19.7 Å². The highest BCUT2D eigenvalue weighted by atomic mass is 19.1. The molecule has 1 saturated carbocycles. The van der Waals surface area contributed by atoms with Crippen molar-refractivity contribution in [3.05, 3.63) is 77.6 Å². The highest BCUT2D eigenvalue weighted by Gasteiger charge is 2.33. The van der Waals surface area contributed by atoms with E-state index in [0.29, 0.717) is 26.2 Å². The van der Waals surface area contributed by atoms with E-state index in [0.717, 1.165) is 40.0 Å². The fraction of sp³-hybridized carbons (Fsp3) is 0.393. The summed E-state index contributed by atoms with van der Waals surface area (Å²) in [4.78, 5) is 13.0. The third kappa shape index (κ3) is 5.33. The molecule has 1 aliphatic carbocycles. The summed E-state index contributed by atoms with van der Waals surface area (Å²) in [7, 11) is 0. The normalized spacial score (nSPS) is 20.4. The van der Waals surface area contributed by atoms with Gasteiger partial charge in [0.2, 0.25) is 0 Å². The summed E-state index contributed by atoms with van der Waals surface area (Å²) in [5.41, 5.74) is 1.96. The maximum Gasteiger partial charge on any atom is 0.407 e. The third-order valence-electron chi connectivity index (χ3n) is 6.96. The number of halogens is 1. The van der Waals surface area contributed by atoms with Gasteiger partial charge in [0.1, 0.15) is 11.6 Å². The predicted molar refractivity (Wildman–Crippen MR) is 129 cm³/mol. The Morgan fingerprint density at radius 1 is 1.06 bits per heavy atom. The standard InChI is InChI=1S/C28H30FNO4/c29-23-9-7-21(8-10-23)25-11-13-30(28(31)32)17-27(25)34-18-20-15-22-3-1-2-4-24(22)26(16-20)33-14-12-19-5-6-19/h1-4,7-10,15-16,19,25,27H,5-6,11-14,17-18H2,(H,31,32). The summed E-state index contributed by atoms with van der Waals surface area (Å²) in [5, 5.41) is 11.7. The molecule has 1 amide bonds. The lowest BCUT2D eigenvalue weighted by molar-refractivity contribution is -0.0199. The second-order valence-electron chi connectivity index (χ2n) is 9.42. The Labute approximate surface area is 199 Å². The number of carbonyl (C=O) groups is 1. The van der Waals surface area contributed by atoms with E-state index in [9.17, 15) is 14.3 Å². The lowest BCUT2D eigenvalue weighted by Crippen LogP contribution is -2.46. The van der Waals surface area contributed by atoms with Crippen molar-refractivity contribution in [1.82, 2.24) is 4.90 Å². The van der Waals surface area contributed by atoms with Gasteiger partial charge in [-0.1, -0.05) is 49.2 Å². The Bertz CT molecular complexity index is 1140. The van der Waals surface area contributed by atoms with Gasteiger partial charge in [-0.2, -0.15) is 0 Å². The second-order valence-corrected chi connectivity index (χ2v) is 9.42. The van der Waals surface area contributed by atoms with Crippen LogP contribution >= 0.6 is 0 Å². The molecular weight excluding hydrogens is 433 g/mol. The van der Waals surface area contributed by atoms with Crippen LogP contribution in [0.15, 0.2) is 60.7 Å². The molecule has 1 aliphatic heterocycles. The minimum atomic E-state index is -0.941. The van der Waals surface area contributed by atoms with Gasteiger partial charge in [-0.3, -0.25) is 0 Å². The summed E-state index contributed by atoms with van der Waals surface area (Å²) in [6, 6.07) is 18.8. The van der Waals surface area contributed by atoms with Gasteiger partial charge < -0.3 is 19.5 Å². The third-order valence-corrected chi connectivity index (χ3v) is 6.96. The van der Waals surface area contributed by atoms with Gasteiger partial charge >= 0.3 is 6.09 Å². The smallest absolute Gasteiger partial charge is 0.407 e. The van der Waals surface area contributed by atoms with Crippen molar-refractivity contribution in [3.63, 3.8) is 0 Å². The SMILES string of the molecule is O=C(O)N1CCC(c2ccc(F)cc2)C(OCc2cc(OCCC3CC3)c3ccccc3c2)C1. The summed E-state index contributed by atoms with van der Waals surface area (Å²) < 4.78 is 26.0. The number of fused-ring (bicyclic) bond motifs is 1. The molecule has 2 aliphatic rings. The first-order chi connectivity index (χ1) is 16.6. The van der Waals surface area contributed by atoms with Crippen LogP contribution in [0.3, 0.4) is 0 Å². The minimum absolute atomic E-state index is 0.00548. The molecule has 1 heterocycles. The number of nitrogens with zero attached hydrogens (tertiary/aromatic N) is 1. The number of benzene rings is 3. The average Bonchev–Trinajstić information content (AvgIpc) is 3.67. The molecule has 0 spiro atoms. The molecule has 3 aromatic carbocycles. The Kier molecular flexibility index (Phi) is 6.68. The molecule has 1 saturated heterocycles. The van der Waals surface area contributed by atoms with E-state index in [1.807, 2.05) is 18.2 Å². The quantitative estimate of drug-likeness (QED) is 0.431. The van der Waals surface area contributed by atoms with Gasteiger partial charge in [-0.15, -0.1) is 0 Å². The highest BCUT2D eigenvalue weighted by Crippen LogP contribution is 2.35. The van der Waals surface area contributed by atoms with E-state index in [-0.39, 0.29) is 24.4 Å². The molecule has 2 unspecified atom stereocenters. The van der Waals surface area contributed by atoms with Crippen LogP contribution in [0.25, 0.3) is 10.8 Å². The van der Waals surface area contributed by atoms with Crippen molar-refractivity contribution < 1.29 is 23.8 Å². The Balaban J connectivity index is 1.34. The second kappa shape index (κ2) is 10.0. The van der Waals surface area contributed by atoms with Gasteiger partial charge in [-0.25, -0.2) is 9.18 Å². The van der Waals surface area contributed by atoms with Crippen molar-refractivity contribution in [3.8, 4) is 5.75 Å². The minimum Gasteiger partial charge on any atom is -0.493 e. The predicted octanol–water partition coefficient (Wildman–Crippen LogP) is 6.21. The largest absolute Gasteiger partial charge is 0.493 e. The molecule has 2 atom stereocenters. The summed E-state index contributed by atoms with van der Waals surface area (Å²) in [6.07, 6.45) is 3.07. The van der Waals surface area contributed by atoms with Crippen LogP contribution in [0.5, 0.6) is 5.75 Å². The molecule has 5 rings (SSSR count). The van der Waals surface area contributed by atoms with Crippen molar-refractivity contribution in [2.24, 2.45) is 5.92 Å². The van der Waals surface area contributed by atoms with E-state index < -0.39 is 6.09 Å². The van der Waals surface area contributed by atoms with Gasteiger partial charge in [-0.05, 0) is 59.5 Å². The van der Waals surface area contributed by atoms with E-state index >= 15 is 0 Å². The first-order valence-electron chi connectivity index (χ1n) is 12.1. The summed E-state index contributed by atoms with van der Waals surface area (Å²) in [5.74, 6) is 1.40. The topological polar surface area (TPSA) is 59.0 Å². The lowest BCUT2D eigenvalue weighted by Gasteiger charge is -2.37. The van der Waals surface area contributed by atoms with Crippen LogP contribution in [0, 0.1) is 11.7 Å². The zero-order chi connectivity index (χ0) is 23.5. The number of rotatable bonds is 8. The summed E-state index contributed by atoms with van der Waals surface area (Å²) >= 11 is 0. The van der Waals surface area contributed by atoms with Crippen LogP contribution < -0.4 is 4.74 Å². The van der Waals surface area contributed by atoms with Crippen molar-refractivity contribution >= 4 is 16.9 Å². The average molecular weight is 464 g/mol. The molecule has 3 aromatic rings. The molecule has 178 valence electrons. The van der Waals surface area contributed by atoms with Gasteiger partial charge in [0.25, 0.3) is 0 Å². The molecule has 2 fully saturated rings. The number of ether oxygens (including phenoxy) is 2. The van der Waals surface area contributed by atoms with E-state index in [4.69, 9.17) is 9.47 Å². The van der Waals surface area contributed by atoms with Crippen LogP contribution in [0.1, 0.15) is 42.7 Å². The fourth-order valence-electron chi connectivity index (χ4n) is 4.83. The van der Waals surface area contributed by atoms with Gasteiger partial charge in [0.05, 0.1) is 25.9 Å². The zero-order valence-electron chi connectivity index (χ0n) is 19.2. The Hall–Kier alpha value is -3.12. The van der Waals surface area contributed by atoms with Crippen molar-refractivity contribution in [1.29, 1.82) is 0 Å².